The van der Waals surface area contributed by atoms with Crippen LogP contribution in [0.25, 0.3) is 16.8 Å². The topological polar surface area (TPSA) is 29.1 Å². The lowest BCUT2D eigenvalue weighted by atomic mass is 10.1. The van der Waals surface area contributed by atoms with Crippen LogP contribution in [0, 0.1) is 0 Å². The maximum absolute atomic E-state index is 11.8. The molecular formula is C12H9NOS. The molecule has 3 rings (SSSR count). The van der Waals surface area contributed by atoms with Crippen molar-refractivity contribution < 1.29 is 4.21 Å². The average Bonchev–Trinajstić information content (AvgIpc) is 2.29. The van der Waals surface area contributed by atoms with Crippen molar-refractivity contribution in [3.63, 3.8) is 0 Å². The summed E-state index contributed by atoms with van der Waals surface area (Å²) in [6, 6.07) is 12.1. The van der Waals surface area contributed by atoms with Crippen LogP contribution in [0.3, 0.4) is 0 Å². The molecule has 2 aromatic rings. The van der Waals surface area contributed by atoms with Crippen LogP contribution >= 0.6 is 0 Å². The zero-order chi connectivity index (χ0) is 10.3. The van der Waals surface area contributed by atoms with Gasteiger partial charge < -0.3 is 4.72 Å². The molecule has 0 fully saturated rings. The van der Waals surface area contributed by atoms with E-state index in [-0.39, 0.29) is 0 Å². The van der Waals surface area contributed by atoms with Crippen molar-refractivity contribution in [2.24, 2.45) is 0 Å². The molecule has 0 aromatic heterocycles. The van der Waals surface area contributed by atoms with E-state index in [0.29, 0.717) is 0 Å². The molecule has 1 aliphatic heterocycles. The highest BCUT2D eigenvalue weighted by Crippen LogP contribution is 2.27. The third kappa shape index (κ3) is 1.27. The Labute approximate surface area is 90.2 Å². The van der Waals surface area contributed by atoms with Gasteiger partial charge in [0.05, 0.1) is 4.90 Å². The molecule has 0 spiro atoms. The van der Waals surface area contributed by atoms with Gasteiger partial charge in [-0.2, -0.15) is 0 Å². The minimum absolute atomic E-state index is 0.885. The fourth-order valence-electron chi connectivity index (χ4n) is 1.84. The van der Waals surface area contributed by atoms with Crippen LogP contribution < -0.4 is 4.72 Å². The summed E-state index contributed by atoms with van der Waals surface area (Å²) in [7, 11) is -1.13. The summed E-state index contributed by atoms with van der Waals surface area (Å²) in [6.45, 7) is 0. The first kappa shape index (κ1) is 8.68. The van der Waals surface area contributed by atoms with Crippen LogP contribution in [0.15, 0.2) is 47.5 Å². The number of hydrogen-bond acceptors (Lipinski definition) is 1. The van der Waals surface area contributed by atoms with E-state index in [1.165, 1.54) is 0 Å². The molecule has 74 valence electrons. The molecule has 3 heteroatoms. The molecule has 1 heterocycles. The molecule has 1 unspecified atom stereocenters. The van der Waals surface area contributed by atoms with E-state index < -0.39 is 11.0 Å². The third-order valence-electron chi connectivity index (χ3n) is 2.53. The molecule has 0 radical (unpaired) electrons. The summed E-state index contributed by atoms with van der Waals surface area (Å²) in [4.78, 5) is 0.885. The Hall–Kier alpha value is -1.61. The first-order valence-corrected chi connectivity index (χ1v) is 5.87. The zero-order valence-electron chi connectivity index (χ0n) is 7.94. The van der Waals surface area contributed by atoms with Gasteiger partial charge in [0.25, 0.3) is 0 Å². The van der Waals surface area contributed by atoms with E-state index in [1.807, 2.05) is 36.4 Å². The molecule has 0 bridgehead atoms. The molecule has 0 saturated carbocycles. The fraction of sp³-hybridized carbons (Fsp3) is 0. The standard InChI is InChI=1S/C12H9NOS/c14-15-12-10(7-8-13-15)6-5-9-3-1-2-4-11(9)12/h1-8,13H. The summed E-state index contributed by atoms with van der Waals surface area (Å²) in [5.41, 5.74) is 1.03. The van der Waals surface area contributed by atoms with Crippen LogP contribution in [0.1, 0.15) is 5.56 Å². The predicted octanol–water partition coefficient (Wildman–Crippen LogP) is 2.44. The van der Waals surface area contributed by atoms with E-state index in [2.05, 4.69) is 10.8 Å². The molecule has 2 nitrogen and oxygen atoms in total. The van der Waals surface area contributed by atoms with Gasteiger partial charge in [0, 0.05) is 11.6 Å². The van der Waals surface area contributed by atoms with Gasteiger partial charge in [-0.05, 0) is 17.0 Å². The van der Waals surface area contributed by atoms with Gasteiger partial charge in [-0.3, -0.25) is 0 Å². The van der Waals surface area contributed by atoms with Crippen molar-refractivity contribution in [3.8, 4) is 0 Å². The first-order chi connectivity index (χ1) is 7.36. The first-order valence-electron chi connectivity index (χ1n) is 4.72. The highest BCUT2D eigenvalue weighted by atomic mass is 32.2. The quantitative estimate of drug-likeness (QED) is 0.718. The van der Waals surface area contributed by atoms with Gasteiger partial charge in [-0.25, -0.2) is 4.21 Å². The maximum atomic E-state index is 11.8. The van der Waals surface area contributed by atoms with E-state index in [1.54, 1.807) is 6.20 Å². The van der Waals surface area contributed by atoms with E-state index >= 15 is 0 Å². The monoisotopic (exact) mass is 215 g/mol. The van der Waals surface area contributed by atoms with Crippen LogP contribution in [0.5, 0.6) is 0 Å². The number of benzene rings is 2. The third-order valence-corrected chi connectivity index (χ3v) is 3.71. The van der Waals surface area contributed by atoms with Crippen molar-refractivity contribution in [3.05, 3.63) is 48.2 Å². The Morgan fingerprint density at radius 3 is 2.87 bits per heavy atom. The molecule has 0 aliphatic carbocycles. The summed E-state index contributed by atoms with van der Waals surface area (Å²) in [5, 5.41) is 2.19. The molecule has 1 atom stereocenters. The van der Waals surface area contributed by atoms with Gasteiger partial charge in [0.1, 0.15) is 0 Å². The molecule has 0 amide bonds. The summed E-state index contributed by atoms with van der Waals surface area (Å²) < 4.78 is 14.7. The number of hydrogen-bond donors (Lipinski definition) is 1. The lowest BCUT2D eigenvalue weighted by Crippen LogP contribution is -2.14. The Morgan fingerprint density at radius 2 is 1.93 bits per heavy atom. The second kappa shape index (κ2) is 3.21. The Bertz CT molecular complexity index is 589. The van der Waals surface area contributed by atoms with Crippen molar-refractivity contribution in [1.82, 2.24) is 4.72 Å². The van der Waals surface area contributed by atoms with Crippen molar-refractivity contribution in [1.29, 1.82) is 0 Å². The second-order valence-electron chi connectivity index (χ2n) is 3.42. The van der Waals surface area contributed by atoms with E-state index in [4.69, 9.17) is 0 Å². The molecular weight excluding hydrogens is 206 g/mol. The van der Waals surface area contributed by atoms with Crippen molar-refractivity contribution >= 4 is 27.8 Å². The average molecular weight is 215 g/mol. The second-order valence-corrected chi connectivity index (χ2v) is 4.61. The minimum atomic E-state index is -1.13. The van der Waals surface area contributed by atoms with Crippen LogP contribution in [0.4, 0.5) is 0 Å². The fourth-order valence-corrected chi connectivity index (χ4v) is 2.89. The van der Waals surface area contributed by atoms with Crippen LogP contribution in [-0.4, -0.2) is 4.21 Å². The van der Waals surface area contributed by atoms with Crippen molar-refractivity contribution in [2.45, 2.75) is 4.90 Å². The number of fused-ring (bicyclic) bond motifs is 3. The highest BCUT2D eigenvalue weighted by Gasteiger charge is 2.14. The number of rotatable bonds is 0. The lowest BCUT2D eigenvalue weighted by Gasteiger charge is -2.13. The molecule has 1 N–H and O–H groups in total. The van der Waals surface area contributed by atoms with Gasteiger partial charge in [0.2, 0.25) is 0 Å². The van der Waals surface area contributed by atoms with Crippen molar-refractivity contribution in [2.75, 3.05) is 0 Å². The smallest absolute Gasteiger partial charge is 0.151 e. The summed E-state index contributed by atoms with van der Waals surface area (Å²) >= 11 is 0. The van der Waals surface area contributed by atoms with Crippen LogP contribution in [0.2, 0.25) is 0 Å². The molecule has 15 heavy (non-hydrogen) atoms. The molecule has 2 aromatic carbocycles. The summed E-state index contributed by atoms with van der Waals surface area (Å²) in [5.74, 6) is 0. The van der Waals surface area contributed by atoms with Gasteiger partial charge in [-0.15, -0.1) is 0 Å². The Kier molecular flexibility index (Phi) is 1.86. The van der Waals surface area contributed by atoms with Crippen LogP contribution in [-0.2, 0) is 11.0 Å². The van der Waals surface area contributed by atoms with Gasteiger partial charge >= 0.3 is 0 Å². The molecule has 0 saturated heterocycles. The predicted molar refractivity (Wildman–Crippen MR) is 62.5 cm³/mol. The Morgan fingerprint density at radius 1 is 1.07 bits per heavy atom. The maximum Gasteiger partial charge on any atom is 0.151 e. The lowest BCUT2D eigenvalue weighted by molar-refractivity contribution is 0.679. The zero-order valence-corrected chi connectivity index (χ0v) is 8.75. The largest absolute Gasteiger partial charge is 0.308 e. The minimum Gasteiger partial charge on any atom is -0.308 e. The van der Waals surface area contributed by atoms with E-state index in [0.717, 1.165) is 21.2 Å². The van der Waals surface area contributed by atoms with Gasteiger partial charge in [-0.1, -0.05) is 36.4 Å². The van der Waals surface area contributed by atoms with E-state index in [9.17, 15) is 4.21 Å². The molecule has 1 aliphatic rings. The SMILES string of the molecule is O=S1NC=Cc2ccc3ccccc3c21. The number of nitrogens with one attached hydrogen (secondary N) is 1. The highest BCUT2D eigenvalue weighted by molar-refractivity contribution is 7.83. The van der Waals surface area contributed by atoms with Gasteiger partial charge in [0.15, 0.2) is 11.0 Å². The summed E-state index contributed by atoms with van der Waals surface area (Å²) in [6.07, 6.45) is 3.68. The normalized spacial score (nSPS) is 18.5. The Balaban J connectivity index is 2.47.